The first-order valence-corrected chi connectivity index (χ1v) is 11.6. The van der Waals surface area contributed by atoms with E-state index in [2.05, 4.69) is 14.8 Å². The first-order valence-electron chi connectivity index (χ1n) is 11.6. The molecule has 0 aromatic carbocycles. The maximum atomic E-state index is 12.7. The fraction of sp³-hybridized carbons (Fsp3) is 0.696. The number of rotatable bonds is 6. The van der Waals surface area contributed by atoms with E-state index in [1.165, 1.54) is 25.7 Å². The summed E-state index contributed by atoms with van der Waals surface area (Å²) < 4.78 is 0. The van der Waals surface area contributed by atoms with Gasteiger partial charge in [0.2, 0.25) is 11.8 Å². The van der Waals surface area contributed by atoms with Gasteiger partial charge in [0.25, 0.3) is 0 Å². The molecule has 0 unspecified atom stereocenters. The lowest BCUT2D eigenvalue weighted by atomic mass is 10.0. The number of pyridine rings is 1. The summed E-state index contributed by atoms with van der Waals surface area (Å²) in [5, 5.41) is 0. The monoisotopic (exact) mass is 413 g/mol. The number of anilines is 1. The molecule has 1 aromatic heterocycles. The van der Waals surface area contributed by atoms with Crippen LogP contribution in [0.2, 0.25) is 0 Å². The zero-order valence-corrected chi connectivity index (χ0v) is 18.0. The molecule has 0 bridgehead atoms. The fourth-order valence-corrected chi connectivity index (χ4v) is 4.95. The number of aromatic nitrogens is 1. The molecule has 7 heteroatoms. The van der Waals surface area contributed by atoms with Crippen molar-refractivity contribution >= 4 is 17.6 Å². The quantitative estimate of drug-likeness (QED) is 0.712. The van der Waals surface area contributed by atoms with E-state index in [1.54, 1.807) is 0 Å². The predicted octanol–water partition coefficient (Wildman–Crippen LogP) is 1.84. The van der Waals surface area contributed by atoms with Gasteiger partial charge in [0.15, 0.2) is 0 Å². The van der Waals surface area contributed by atoms with Gasteiger partial charge in [-0.1, -0.05) is 18.9 Å². The van der Waals surface area contributed by atoms with Crippen molar-refractivity contribution in [2.75, 3.05) is 63.8 Å². The molecule has 1 aromatic rings. The highest BCUT2D eigenvalue weighted by atomic mass is 16.2. The van der Waals surface area contributed by atoms with Crippen LogP contribution in [0.5, 0.6) is 0 Å². The lowest BCUT2D eigenvalue weighted by molar-refractivity contribution is -0.135. The average Bonchev–Trinajstić information content (AvgIpc) is 3.31. The summed E-state index contributed by atoms with van der Waals surface area (Å²) in [6.07, 6.45) is 8.15. The highest BCUT2D eigenvalue weighted by molar-refractivity contribution is 5.77. The molecule has 1 aliphatic carbocycles. The van der Waals surface area contributed by atoms with Crippen molar-refractivity contribution in [1.82, 2.24) is 19.7 Å². The second kappa shape index (κ2) is 10.2. The Hall–Kier alpha value is -2.15. The minimum absolute atomic E-state index is 0.246. The summed E-state index contributed by atoms with van der Waals surface area (Å²) >= 11 is 0. The minimum Gasteiger partial charge on any atom is -0.353 e. The Labute approximate surface area is 180 Å². The van der Waals surface area contributed by atoms with Gasteiger partial charge < -0.3 is 14.7 Å². The second-order valence-electron chi connectivity index (χ2n) is 8.88. The second-order valence-corrected chi connectivity index (χ2v) is 8.88. The van der Waals surface area contributed by atoms with Crippen LogP contribution in [0.25, 0.3) is 0 Å². The molecule has 0 N–H and O–H groups in total. The van der Waals surface area contributed by atoms with Crippen LogP contribution in [-0.2, 0) is 9.59 Å². The van der Waals surface area contributed by atoms with Crippen molar-refractivity contribution < 1.29 is 9.59 Å². The normalized spacial score (nSPS) is 21.3. The summed E-state index contributed by atoms with van der Waals surface area (Å²) in [5.41, 5.74) is 0. The van der Waals surface area contributed by atoms with Gasteiger partial charge in [-0.2, -0.15) is 0 Å². The van der Waals surface area contributed by atoms with E-state index >= 15 is 0 Å². The van der Waals surface area contributed by atoms with Gasteiger partial charge in [-0.15, -0.1) is 0 Å². The Morgan fingerprint density at radius 2 is 1.53 bits per heavy atom. The molecule has 30 heavy (non-hydrogen) atoms. The number of hydrogen-bond acceptors (Lipinski definition) is 5. The number of carbonyl (C=O) groups is 2. The van der Waals surface area contributed by atoms with Crippen molar-refractivity contribution in [3.63, 3.8) is 0 Å². The summed E-state index contributed by atoms with van der Waals surface area (Å²) in [6, 6.07) is 5.95. The Bertz CT molecular complexity index is 691. The summed E-state index contributed by atoms with van der Waals surface area (Å²) in [7, 11) is 0. The first-order chi connectivity index (χ1) is 14.7. The van der Waals surface area contributed by atoms with E-state index in [9.17, 15) is 9.59 Å². The number of hydrogen-bond donors (Lipinski definition) is 0. The Morgan fingerprint density at radius 3 is 2.20 bits per heavy atom. The lowest BCUT2D eigenvalue weighted by Gasteiger charge is -2.37. The lowest BCUT2D eigenvalue weighted by Crippen LogP contribution is -2.51. The van der Waals surface area contributed by atoms with Crippen molar-refractivity contribution in [3.8, 4) is 0 Å². The van der Waals surface area contributed by atoms with Gasteiger partial charge in [-0.25, -0.2) is 4.98 Å². The molecule has 3 heterocycles. The Morgan fingerprint density at radius 1 is 0.867 bits per heavy atom. The number of nitrogens with zero attached hydrogens (tertiary/aromatic N) is 5. The van der Waals surface area contributed by atoms with Gasteiger partial charge in [0.1, 0.15) is 5.82 Å². The van der Waals surface area contributed by atoms with E-state index in [-0.39, 0.29) is 5.91 Å². The highest BCUT2D eigenvalue weighted by Crippen LogP contribution is 2.28. The fourth-order valence-electron chi connectivity index (χ4n) is 4.95. The molecule has 0 spiro atoms. The van der Waals surface area contributed by atoms with Gasteiger partial charge in [-0.3, -0.25) is 14.5 Å². The number of amides is 2. The van der Waals surface area contributed by atoms with E-state index in [1.807, 2.05) is 34.2 Å². The molecule has 0 atom stereocenters. The third-order valence-electron chi connectivity index (χ3n) is 6.91. The molecule has 3 fully saturated rings. The smallest absolute Gasteiger partial charge is 0.223 e. The molecule has 3 aliphatic rings. The highest BCUT2D eigenvalue weighted by Gasteiger charge is 2.26. The van der Waals surface area contributed by atoms with Crippen LogP contribution in [0.1, 0.15) is 38.5 Å². The van der Waals surface area contributed by atoms with Crippen molar-refractivity contribution in [1.29, 1.82) is 0 Å². The number of carbonyl (C=O) groups excluding carboxylic acids is 2. The SMILES string of the molecule is O=C(CCN1CCN(C(=O)CC2CCCC2)CC1)N1CCN(c2ccccn2)CC1. The first kappa shape index (κ1) is 21.1. The maximum absolute atomic E-state index is 12.7. The Kier molecular flexibility index (Phi) is 7.20. The van der Waals surface area contributed by atoms with Crippen LogP contribution in [0.4, 0.5) is 5.82 Å². The van der Waals surface area contributed by atoms with E-state index < -0.39 is 0 Å². The molecule has 2 saturated heterocycles. The van der Waals surface area contributed by atoms with Crippen LogP contribution in [-0.4, -0.2) is 90.4 Å². The molecule has 1 saturated carbocycles. The van der Waals surface area contributed by atoms with Gasteiger partial charge in [-0.05, 0) is 30.9 Å². The third-order valence-corrected chi connectivity index (χ3v) is 6.91. The van der Waals surface area contributed by atoms with Crippen LogP contribution >= 0.6 is 0 Å². The average molecular weight is 414 g/mol. The maximum Gasteiger partial charge on any atom is 0.223 e. The van der Waals surface area contributed by atoms with Crippen molar-refractivity contribution in [2.24, 2.45) is 5.92 Å². The standard InChI is InChI=1S/C23H35N5O2/c29-22(27-17-15-26(16-18-27)21-7-3-4-9-24-21)8-10-25-11-13-28(14-12-25)23(30)19-20-5-1-2-6-20/h3-4,7,9,20H,1-2,5-6,8,10-19H2. The molecule has 7 nitrogen and oxygen atoms in total. The van der Waals surface area contributed by atoms with Crippen LogP contribution < -0.4 is 4.90 Å². The predicted molar refractivity (Wildman–Crippen MR) is 117 cm³/mol. The van der Waals surface area contributed by atoms with Gasteiger partial charge in [0, 0.05) is 77.9 Å². The zero-order chi connectivity index (χ0) is 20.8. The molecular weight excluding hydrogens is 378 g/mol. The zero-order valence-electron chi connectivity index (χ0n) is 18.0. The largest absolute Gasteiger partial charge is 0.353 e. The Balaban J connectivity index is 1.13. The van der Waals surface area contributed by atoms with E-state index in [0.29, 0.717) is 18.2 Å². The molecular formula is C23H35N5O2. The van der Waals surface area contributed by atoms with Gasteiger partial charge >= 0.3 is 0 Å². The van der Waals surface area contributed by atoms with Crippen molar-refractivity contribution in [2.45, 2.75) is 38.5 Å². The molecule has 164 valence electrons. The number of piperazine rings is 2. The van der Waals surface area contributed by atoms with Crippen LogP contribution in [0, 0.1) is 5.92 Å². The van der Waals surface area contributed by atoms with E-state index in [4.69, 9.17) is 0 Å². The molecule has 0 radical (unpaired) electrons. The summed E-state index contributed by atoms with van der Waals surface area (Å²) in [5.74, 6) is 2.19. The van der Waals surface area contributed by atoms with Crippen LogP contribution in [0.3, 0.4) is 0 Å². The molecule has 4 rings (SSSR count). The van der Waals surface area contributed by atoms with E-state index in [0.717, 1.165) is 71.1 Å². The van der Waals surface area contributed by atoms with Crippen molar-refractivity contribution in [3.05, 3.63) is 24.4 Å². The summed E-state index contributed by atoms with van der Waals surface area (Å²) in [6.45, 7) is 7.38. The molecule has 2 amide bonds. The summed E-state index contributed by atoms with van der Waals surface area (Å²) in [4.78, 5) is 38.2. The topological polar surface area (TPSA) is 60.0 Å². The molecule has 2 aliphatic heterocycles. The third kappa shape index (κ3) is 5.50. The minimum atomic E-state index is 0.246. The van der Waals surface area contributed by atoms with Crippen LogP contribution in [0.15, 0.2) is 24.4 Å². The van der Waals surface area contributed by atoms with Gasteiger partial charge in [0.05, 0.1) is 0 Å².